The van der Waals surface area contributed by atoms with E-state index >= 15 is 0 Å². The highest BCUT2D eigenvalue weighted by atomic mass is 35.5. The van der Waals surface area contributed by atoms with Crippen molar-refractivity contribution in [2.24, 2.45) is 0 Å². The average Bonchev–Trinajstić information content (AvgIpc) is 2.78. The Balaban J connectivity index is 1.93. The lowest BCUT2D eigenvalue weighted by Crippen LogP contribution is -2.18. The van der Waals surface area contributed by atoms with Crippen molar-refractivity contribution in [3.63, 3.8) is 0 Å². The molecule has 2 aromatic rings. The van der Waals surface area contributed by atoms with Crippen LogP contribution >= 0.6 is 35.2 Å². The van der Waals surface area contributed by atoms with Gasteiger partial charge in [0.25, 0.3) is 0 Å². The predicted molar refractivity (Wildman–Crippen MR) is 78.0 cm³/mol. The number of benzene rings is 1. The number of thiazole rings is 1. The number of thiocarbonyl (C=S) groups is 1. The Hall–Kier alpha value is -1.17. The van der Waals surface area contributed by atoms with Crippen LogP contribution in [0.3, 0.4) is 0 Å². The Kier molecular flexibility index (Phi) is 4.30. The smallest absolute Gasteiger partial charge is 0.189 e. The summed E-state index contributed by atoms with van der Waals surface area (Å²) in [5.41, 5.74) is 1.79. The van der Waals surface area contributed by atoms with Gasteiger partial charge in [-0.25, -0.2) is 4.98 Å². The zero-order valence-electron chi connectivity index (χ0n) is 8.81. The molecule has 0 aliphatic carbocycles. The lowest BCUT2D eigenvalue weighted by atomic mass is 10.3. The van der Waals surface area contributed by atoms with E-state index in [0.717, 1.165) is 16.5 Å². The maximum atomic E-state index is 5.67. The second-order valence-electron chi connectivity index (χ2n) is 3.22. The fourth-order valence-electron chi connectivity index (χ4n) is 1.21. The summed E-state index contributed by atoms with van der Waals surface area (Å²) in [6.07, 6.45) is 0. The lowest BCUT2D eigenvalue weighted by molar-refractivity contribution is 1.23. The number of nitrogens with one attached hydrogen (secondary N) is 2. The van der Waals surface area contributed by atoms with E-state index in [9.17, 15) is 0 Å². The summed E-state index contributed by atoms with van der Waals surface area (Å²) in [7, 11) is 0. The zero-order valence-corrected chi connectivity index (χ0v) is 11.2. The van der Waals surface area contributed by atoms with Gasteiger partial charge < -0.3 is 10.6 Å². The fourth-order valence-corrected chi connectivity index (χ4v) is 2.43. The maximum absolute atomic E-state index is 5.67. The fraction of sp³-hybridized carbons (Fsp3) is 0.0909. The Morgan fingerprint density at radius 3 is 2.71 bits per heavy atom. The topological polar surface area (TPSA) is 37.0 Å². The molecule has 0 unspecified atom stereocenters. The van der Waals surface area contributed by atoms with Crippen molar-refractivity contribution in [3.05, 3.63) is 41.4 Å². The molecule has 2 rings (SSSR count). The summed E-state index contributed by atoms with van der Waals surface area (Å²) >= 11 is 12.3. The molecule has 0 atom stereocenters. The van der Waals surface area contributed by atoms with Gasteiger partial charge in [-0.3, -0.25) is 0 Å². The van der Waals surface area contributed by atoms with Crippen LogP contribution in [0.15, 0.2) is 35.7 Å². The molecule has 1 aromatic heterocycles. The highest BCUT2D eigenvalue weighted by Crippen LogP contribution is 2.17. The van der Waals surface area contributed by atoms with Gasteiger partial charge >= 0.3 is 0 Å². The number of hydrogen-bond acceptors (Lipinski definition) is 3. The van der Waals surface area contributed by atoms with Crippen LogP contribution in [-0.2, 0) is 5.88 Å². The van der Waals surface area contributed by atoms with E-state index in [4.69, 9.17) is 23.8 Å². The minimum Gasteiger partial charge on any atom is -0.332 e. The highest BCUT2D eigenvalue weighted by molar-refractivity contribution is 7.80. The number of rotatable bonds is 3. The van der Waals surface area contributed by atoms with Crippen LogP contribution in [-0.4, -0.2) is 10.1 Å². The van der Waals surface area contributed by atoms with Crippen molar-refractivity contribution in [3.8, 4) is 0 Å². The number of alkyl halides is 1. The van der Waals surface area contributed by atoms with Gasteiger partial charge in [-0.1, -0.05) is 18.2 Å². The van der Waals surface area contributed by atoms with Crippen LogP contribution < -0.4 is 10.6 Å². The van der Waals surface area contributed by atoms with Crippen molar-refractivity contribution in [2.75, 3.05) is 10.6 Å². The van der Waals surface area contributed by atoms with Crippen LogP contribution in [0, 0.1) is 0 Å². The Bertz CT molecular complexity index is 498. The minimum absolute atomic E-state index is 0.414. The first-order valence-electron chi connectivity index (χ1n) is 4.91. The molecule has 0 bridgehead atoms. The summed E-state index contributed by atoms with van der Waals surface area (Å²) in [5, 5.41) is 9.25. The second-order valence-corrected chi connectivity index (χ2v) is 4.76. The Morgan fingerprint density at radius 2 is 2.06 bits per heavy atom. The summed E-state index contributed by atoms with van der Waals surface area (Å²) in [6.45, 7) is 0. The monoisotopic (exact) mass is 283 g/mol. The van der Waals surface area contributed by atoms with Gasteiger partial charge in [0.15, 0.2) is 10.2 Å². The number of hydrogen-bond donors (Lipinski definition) is 2. The van der Waals surface area contributed by atoms with Crippen LogP contribution in [0.1, 0.15) is 5.69 Å². The largest absolute Gasteiger partial charge is 0.332 e. The quantitative estimate of drug-likeness (QED) is 0.665. The van der Waals surface area contributed by atoms with Crippen LogP contribution in [0.25, 0.3) is 0 Å². The van der Waals surface area contributed by atoms with E-state index in [1.807, 2.05) is 35.7 Å². The average molecular weight is 284 g/mol. The standard InChI is InChI=1S/C11H10ClN3S2/c12-6-9-7-17-11(14-9)15-10(16)13-8-4-2-1-3-5-8/h1-5,7H,6H2,(H2,13,14,15,16). The van der Waals surface area contributed by atoms with Crippen molar-refractivity contribution < 1.29 is 0 Å². The molecule has 0 saturated heterocycles. The van der Waals surface area contributed by atoms with Gasteiger partial charge in [0, 0.05) is 11.1 Å². The molecule has 2 N–H and O–H groups in total. The molecule has 17 heavy (non-hydrogen) atoms. The summed E-state index contributed by atoms with van der Waals surface area (Å²) in [5.74, 6) is 0.414. The predicted octanol–water partition coefficient (Wildman–Crippen LogP) is 3.69. The highest BCUT2D eigenvalue weighted by Gasteiger charge is 2.03. The van der Waals surface area contributed by atoms with Crippen LogP contribution in [0.4, 0.5) is 10.8 Å². The zero-order chi connectivity index (χ0) is 12.1. The Morgan fingerprint density at radius 1 is 1.29 bits per heavy atom. The van der Waals surface area contributed by atoms with E-state index in [0.29, 0.717) is 11.0 Å². The molecule has 6 heteroatoms. The molecule has 0 saturated carbocycles. The third-order valence-electron chi connectivity index (χ3n) is 1.94. The van der Waals surface area contributed by atoms with Gasteiger partial charge in [-0.05, 0) is 24.4 Å². The van der Waals surface area contributed by atoms with Crippen LogP contribution in [0.2, 0.25) is 0 Å². The summed E-state index contributed by atoms with van der Waals surface area (Å²) < 4.78 is 0. The molecular weight excluding hydrogens is 274 g/mol. The van der Waals surface area contributed by atoms with Crippen molar-refractivity contribution >= 4 is 51.1 Å². The van der Waals surface area contributed by atoms with E-state index in [1.165, 1.54) is 11.3 Å². The van der Waals surface area contributed by atoms with Gasteiger partial charge in [0.2, 0.25) is 0 Å². The molecule has 0 aliphatic rings. The van der Waals surface area contributed by atoms with Crippen molar-refractivity contribution in [2.45, 2.75) is 5.88 Å². The molecule has 88 valence electrons. The molecule has 0 amide bonds. The third-order valence-corrected chi connectivity index (χ3v) is 3.23. The molecular formula is C11H10ClN3S2. The second kappa shape index (κ2) is 5.95. The molecule has 0 spiro atoms. The van der Waals surface area contributed by atoms with Gasteiger partial charge in [0.1, 0.15) is 0 Å². The molecule has 3 nitrogen and oxygen atoms in total. The van der Waals surface area contributed by atoms with E-state index in [1.54, 1.807) is 0 Å². The van der Waals surface area contributed by atoms with E-state index < -0.39 is 0 Å². The lowest BCUT2D eigenvalue weighted by Gasteiger charge is -2.07. The maximum Gasteiger partial charge on any atom is 0.189 e. The van der Waals surface area contributed by atoms with Gasteiger partial charge in [-0.2, -0.15) is 0 Å². The van der Waals surface area contributed by atoms with Crippen molar-refractivity contribution in [1.82, 2.24) is 4.98 Å². The normalized spacial score (nSPS) is 9.94. The van der Waals surface area contributed by atoms with E-state index in [2.05, 4.69) is 15.6 Å². The number of halogens is 1. The third kappa shape index (κ3) is 3.66. The minimum atomic E-state index is 0.414. The first kappa shape index (κ1) is 12.3. The molecule has 1 aromatic carbocycles. The van der Waals surface area contributed by atoms with Crippen molar-refractivity contribution in [1.29, 1.82) is 0 Å². The van der Waals surface area contributed by atoms with Gasteiger partial charge in [-0.15, -0.1) is 22.9 Å². The first-order valence-corrected chi connectivity index (χ1v) is 6.73. The molecule has 0 aliphatic heterocycles. The SMILES string of the molecule is S=C(Nc1ccccc1)Nc1nc(CCl)cs1. The Labute approximate surface area is 114 Å². The molecule has 1 heterocycles. The number of aromatic nitrogens is 1. The first-order chi connectivity index (χ1) is 8.28. The summed E-state index contributed by atoms with van der Waals surface area (Å²) in [4.78, 5) is 4.26. The molecule has 0 fully saturated rings. The van der Waals surface area contributed by atoms with Crippen LogP contribution in [0.5, 0.6) is 0 Å². The number of para-hydroxylation sites is 1. The number of anilines is 2. The number of nitrogens with zero attached hydrogens (tertiary/aromatic N) is 1. The summed E-state index contributed by atoms with van der Waals surface area (Å²) in [6, 6.07) is 9.73. The molecule has 0 radical (unpaired) electrons. The van der Waals surface area contributed by atoms with E-state index in [-0.39, 0.29) is 0 Å². The van der Waals surface area contributed by atoms with Gasteiger partial charge in [0.05, 0.1) is 11.6 Å².